The van der Waals surface area contributed by atoms with Crippen molar-refractivity contribution in [3.8, 4) is 0 Å². The van der Waals surface area contributed by atoms with Crippen LogP contribution in [0.5, 0.6) is 0 Å². The number of nitrogens with zero attached hydrogens (tertiary/aromatic N) is 4. The molecule has 0 saturated heterocycles. The molecule has 1 aliphatic carbocycles. The van der Waals surface area contributed by atoms with E-state index in [1.54, 1.807) is 6.33 Å². The minimum absolute atomic E-state index is 0.498. The summed E-state index contributed by atoms with van der Waals surface area (Å²) in [5, 5.41) is 16.0. The molecular formula is C20H29ClN6. The Kier molecular flexibility index (Phi) is 7.51. The van der Waals surface area contributed by atoms with E-state index >= 15 is 0 Å². The van der Waals surface area contributed by atoms with Crippen LogP contribution in [0.4, 0.5) is 0 Å². The predicted molar refractivity (Wildman–Crippen MR) is 110 cm³/mol. The van der Waals surface area contributed by atoms with Gasteiger partial charge in [0.15, 0.2) is 5.96 Å². The quantitative estimate of drug-likeness (QED) is 0.562. The first-order chi connectivity index (χ1) is 13.3. The van der Waals surface area contributed by atoms with Crippen LogP contribution in [0, 0.1) is 0 Å². The summed E-state index contributed by atoms with van der Waals surface area (Å²) < 4.78 is 2.08. The van der Waals surface area contributed by atoms with Gasteiger partial charge in [0.25, 0.3) is 0 Å². The van der Waals surface area contributed by atoms with Gasteiger partial charge in [-0.1, -0.05) is 56.0 Å². The molecule has 2 N–H and O–H groups in total. The Labute approximate surface area is 166 Å². The van der Waals surface area contributed by atoms with E-state index in [1.165, 1.54) is 32.1 Å². The average molecular weight is 389 g/mol. The van der Waals surface area contributed by atoms with Gasteiger partial charge in [0.05, 0.1) is 6.54 Å². The Hall–Kier alpha value is -2.08. The molecule has 1 aromatic heterocycles. The van der Waals surface area contributed by atoms with E-state index < -0.39 is 0 Å². The van der Waals surface area contributed by atoms with Crippen LogP contribution >= 0.6 is 11.6 Å². The van der Waals surface area contributed by atoms with Crippen LogP contribution in [0.15, 0.2) is 35.6 Å². The van der Waals surface area contributed by atoms with Gasteiger partial charge in [0, 0.05) is 30.6 Å². The SMILES string of the molecule is CCc1nncn1CCNC(=NCc1ccccc1Cl)NC1CCCCC1. The van der Waals surface area contributed by atoms with E-state index in [4.69, 9.17) is 16.6 Å². The Balaban J connectivity index is 1.61. The second-order valence-electron chi connectivity index (χ2n) is 6.96. The Morgan fingerprint density at radius 3 is 2.85 bits per heavy atom. The van der Waals surface area contributed by atoms with Crippen molar-refractivity contribution in [3.05, 3.63) is 47.0 Å². The lowest BCUT2D eigenvalue weighted by atomic mass is 9.96. The molecule has 0 atom stereocenters. The van der Waals surface area contributed by atoms with E-state index in [0.717, 1.165) is 41.9 Å². The first-order valence-electron chi connectivity index (χ1n) is 9.91. The third-order valence-electron chi connectivity index (χ3n) is 4.97. The highest BCUT2D eigenvalue weighted by molar-refractivity contribution is 6.31. The number of halogens is 1. The standard InChI is InChI=1S/C20H29ClN6/c1-2-19-26-24-15-27(19)13-12-22-20(25-17-9-4-3-5-10-17)23-14-16-8-6-7-11-18(16)21/h6-8,11,15,17H,2-5,9-10,12-14H2,1H3,(H2,22,23,25). The Bertz CT molecular complexity index is 736. The monoisotopic (exact) mass is 388 g/mol. The Morgan fingerprint density at radius 2 is 2.07 bits per heavy atom. The average Bonchev–Trinajstić information content (AvgIpc) is 3.15. The van der Waals surface area contributed by atoms with Gasteiger partial charge < -0.3 is 15.2 Å². The van der Waals surface area contributed by atoms with Crippen LogP contribution in [0.1, 0.15) is 50.4 Å². The molecule has 1 saturated carbocycles. The largest absolute Gasteiger partial charge is 0.355 e. The molecule has 1 heterocycles. The number of benzene rings is 1. The van der Waals surface area contributed by atoms with Crippen LogP contribution in [-0.4, -0.2) is 33.3 Å². The first-order valence-corrected chi connectivity index (χ1v) is 10.3. The number of aromatic nitrogens is 3. The maximum atomic E-state index is 6.28. The predicted octanol–water partition coefficient (Wildman–Crippen LogP) is 3.56. The molecule has 3 rings (SSSR count). The van der Waals surface area contributed by atoms with Gasteiger partial charge in [0.2, 0.25) is 0 Å². The van der Waals surface area contributed by atoms with Crippen molar-refractivity contribution in [2.75, 3.05) is 6.54 Å². The fourth-order valence-corrected chi connectivity index (χ4v) is 3.61. The Morgan fingerprint density at radius 1 is 1.26 bits per heavy atom. The first kappa shape index (κ1) is 19.7. The molecule has 2 aromatic rings. The maximum absolute atomic E-state index is 6.28. The molecule has 7 heteroatoms. The fraction of sp³-hybridized carbons (Fsp3) is 0.550. The zero-order chi connectivity index (χ0) is 18.9. The number of rotatable bonds is 7. The summed E-state index contributed by atoms with van der Waals surface area (Å²) in [6, 6.07) is 8.37. The number of aliphatic imine (C=N–C) groups is 1. The van der Waals surface area contributed by atoms with Gasteiger partial charge >= 0.3 is 0 Å². The van der Waals surface area contributed by atoms with E-state index in [2.05, 4.69) is 32.3 Å². The lowest BCUT2D eigenvalue weighted by Crippen LogP contribution is -2.45. The normalized spacial score (nSPS) is 15.7. The molecule has 1 fully saturated rings. The van der Waals surface area contributed by atoms with Crippen molar-refractivity contribution in [3.63, 3.8) is 0 Å². The van der Waals surface area contributed by atoms with Crippen molar-refractivity contribution in [2.45, 2.75) is 64.6 Å². The van der Waals surface area contributed by atoms with Crippen LogP contribution in [0.3, 0.4) is 0 Å². The maximum Gasteiger partial charge on any atom is 0.191 e. The molecule has 27 heavy (non-hydrogen) atoms. The van der Waals surface area contributed by atoms with Crippen LogP contribution in [-0.2, 0) is 19.5 Å². The zero-order valence-electron chi connectivity index (χ0n) is 16.0. The van der Waals surface area contributed by atoms with Crippen molar-refractivity contribution in [1.29, 1.82) is 0 Å². The van der Waals surface area contributed by atoms with Gasteiger partial charge in [-0.15, -0.1) is 10.2 Å². The van der Waals surface area contributed by atoms with Crippen LogP contribution < -0.4 is 10.6 Å². The molecule has 0 radical (unpaired) electrons. The molecule has 1 aliphatic rings. The van der Waals surface area contributed by atoms with E-state index in [0.29, 0.717) is 12.6 Å². The van der Waals surface area contributed by atoms with Gasteiger partial charge in [-0.2, -0.15) is 0 Å². The third kappa shape index (κ3) is 5.96. The summed E-state index contributed by atoms with van der Waals surface area (Å²) in [6.07, 6.45) is 9.00. The number of hydrogen-bond acceptors (Lipinski definition) is 3. The zero-order valence-corrected chi connectivity index (χ0v) is 16.8. The highest BCUT2D eigenvalue weighted by atomic mass is 35.5. The van der Waals surface area contributed by atoms with Crippen molar-refractivity contribution in [1.82, 2.24) is 25.4 Å². The van der Waals surface area contributed by atoms with E-state index in [1.807, 2.05) is 24.3 Å². The number of hydrogen-bond donors (Lipinski definition) is 2. The molecule has 0 bridgehead atoms. The van der Waals surface area contributed by atoms with E-state index in [-0.39, 0.29) is 0 Å². The number of guanidine groups is 1. The molecule has 0 unspecified atom stereocenters. The summed E-state index contributed by atoms with van der Waals surface area (Å²) >= 11 is 6.28. The molecule has 146 valence electrons. The summed E-state index contributed by atoms with van der Waals surface area (Å²) in [6.45, 7) is 4.24. The van der Waals surface area contributed by atoms with Crippen LogP contribution in [0.2, 0.25) is 5.02 Å². The summed E-state index contributed by atoms with van der Waals surface area (Å²) in [4.78, 5) is 4.78. The van der Waals surface area contributed by atoms with Crippen molar-refractivity contribution in [2.24, 2.45) is 4.99 Å². The molecule has 0 spiro atoms. The summed E-state index contributed by atoms with van der Waals surface area (Å²) in [7, 11) is 0. The minimum Gasteiger partial charge on any atom is -0.355 e. The highest BCUT2D eigenvalue weighted by Crippen LogP contribution is 2.18. The number of nitrogens with one attached hydrogen (secondary N) is 2. The topological polar surface area (TPSA) is 67.1 Å². The van der Waals surface area contributed by atoms with E-state index in [9.17, 15) is 0 Å². The summed E-state index contributed by atoms with van der Waals surface area (Å²) in [5.41, 5.74) is 1.04. The minimum atomic E-state index is 0.498. The second-order valence-corrected chi connectivity index (χ2v) is 7.36. The third-order valence-corrected chi connectivity index (χ3v) is 5.34. The van der Waals surface area contributed by atoms with Crippen LogP contribution in [0.25, 0.3) is 0 Å². The number of aryl methyl sites for hydroxylation is 1. The van der Waals surface area contributed by atoms with Gasteiger partial charge in [-0.05, 0) is 24.5 Å². The lowest BCUT2D eigenvalue weighted by Gasteiger charge is -2.25. The highest BCUT2D eigenvalue weighted by Gasteiger charge is 2.14. The van der Waals surface area contributed by atoms with Gasteiger partial charge in [0.1, 0.15) is 12.2 Å². The molecule has 0 amide bonds. The van der Waals surface area contributed by atoms with Gasteiger partial charge in [-0.3, -0.25) is 0 Å². The fourth-order valence-electron chi connectivity index (χ4n) is 3.42. The second kappa shape index (κ2) is 10.3. The van der Waals surface area contributed by atoms with Crippen molar-refractivity contribution < 1.29 is 0 Å². The molecule has 0 aliphatic heterocycles. The smallest absolute Gasteiger partial charge is 0.191 e. The van der Waals surface area contributed by atoms with Gasteiger partial charge in [-0.25, -0.2) is 4.99 Å². The molecule has 6 nitrogen and oxygen atoms in total. The lowest BCUT2D eigenvalue weighted by molar-refractivity contribution is 0.409. The molecule has 1 aromatic carbocycles. The van der Waals surface area contributed by atoms with Crippen molar-refractivity contribution >= 4 is 17.6 Å². The summed E-state index contributed by atoms with van der Waals surface area (Å²) in [5.74, 6) is 1.86. The molecular weight excluding hydrogens is 360 g/mol.